The summed E-state index contributed by atoms with van der Waals surface area (Å²) in [6.07, 6.45) is 6.14. The van der Waals surface area contributed by atoms with Crippen molar-refractivity contribution in [1.82, 2.24) is 10.2 Å². The Morgan fingerprint density at radius 2 is 2.11 bits per heavy atom. The van der Waals surface area contributed by atoms with E-state index < -0.39 is 0 Å². The smallest absolute Gasteiger partial charge is 0.226 e. The van der Waals surface area contributed by atoms with Crippen LogP contribution in [0.1, 0.15) is 38.5 Å². The van der Waals surface area contributed by atoms with Crippen LogP contribution in [0.2, 0.25) is 0 Å². The Bertz CT molecular complexity index is 377. The Morgan fingerprint density at radius 1 is 1.39 bits per heavy atom. The molecule has 2 saturated carbocycles. The van der Waals surface area contributed by atoms with Gasteiger partial charge in [0.2, 0.25) is 5.91 Å². The summed E-state index contributed by atoms with van der Waals surface area (Å²) in [6, 6.07) is 2.61. The fraction of sp³-hybridized carbons (Fsp3) is 0.857. The standard InChI is InChI=1S/C14H21N3O/c15-6-1-9-17(11-2-3-11)13(18)12-10-14(12)4-7-16-8-5-14/h11-12,16H,1-5,7-10H2. The molecule has 4 nitrogen and oxygen atoms in total. The molecule has 18 heavy (non-hydrogen) atoms. The molecule has 1 aliphatic heterocycles. The summed E-state index contributed by atoms with van der Waals surface area (Å²) in [4.78, 5) is 14.6. The molecular formula is C14H21N3O. The highest BCUT2D eigenvalue weighted by Crippen LogP contribution is 2.59. The van der Waals surface area contributed by atoms with Crippen molar-refractivity contribution < 1.29 is 4.79 Å². The van der Waals surface area contributed by atoms with Gasteiger partial charge in [-0.2, -0.15) is 5.26 Å². The van der Waals surface area contributed by atoms with Crippen LogP contribution in [0.3, 0.4) is 0 Å². The maximum absolute atomic E-state index is 12.6. The Hall–Kier alpha value is -1.08. The molecule has 0 aromatic heterocycles. The second-order valence-electron chi connectivity index (χ2n) is 6.04. The zero-order valence-corrected chi connectivity index (χ0v) is 10.8. The van der Waals surface area contributed by atoms with Gasteiger partial charge in [0, 0.05) is 18.5 Å². The summed E-state index contributed by atoms with van der Waals surface area (Å²) in [5.41, 5.74) is 0.322. The average Bonchev–Trinajstić information content (AvgIpc) is 3.28. The van der Waals surface area contributed by atoms with Gasteiger partial charge in [0.1, 0.15) is 0 Å². The van der Waals surface area contributed by atoms with Gasteiger partial charge in [0.15, 0.2) is 0 Å². The van der Waals surface area contributed by atoms with Gasteiger partial charge < -0.3 is 10.2 Å². The van der Waals surface area contributed by atoms with Crippen molar-refractivity contribution >= 4 is 5.91 Å². The minimum Gasteiger partial charge on any atom is -0.338 e. The van der Waals surface area contributed by atoms with Gasteiger partial charge >= 0.3 is 0 Å². The number of rotatable bonds is 4. The van der Waals surface area contributed by atoms with E-state index in [9.17, 15) is 4.79 Å². The number of nitrogens with zero attached hydrogens (tertiary/aromatic N) is 2. The van der Waals surface area contributed by atoms with Crippen molar-refractivity contribution in [2.75, 3.05) is 19.6 Å². The first-order valence-corrected chi connectivity index (χ1v) is 7.15. The Kier molecular flexibility index (Phi) is 3.03. The Morgan fingerprint density at radius 3 is 2.72 bits per heavy atom. The molecule has 3 rings (SSSR count). The molecule has 1 atom stereocenters. The highest BCUT2D eigenvalue weighted by Gasteiger charge is 2.59. The maximum Gasteiger partial charge on any atom is 0.226 e. The van der Waals surface area contributed by atoms with E-state index in [0.29, 0.717) is 30.3 Å². The predicted octanol–water partition coefficient (Wildman–Crippen LogP) is 1.28. The van der Waals surface area contributed by atoms with Crippen LogP contribution in [-0.2, 0) is 4.79 Å². The van der Waals surface area contributed by atoms with E-state index in [1.165, 1.54) is 0 Å². The topological polar surface area (TPSA) is 56.1 Å². The van der Waals surface area contributed by atoms with E-state index in [4.69, 9.17) is 5.26 Å². The molecule has 3 fully saturated rings. The second-order valence-corrected chi connectivity index (χ2v) is 6.04. The van der Waals surface area contributed by atoms with Gasteiger partial charge in [-0.3, -0.25) is 4.79 Å². The number of amides is 1. The van der Waals surface area contributed by atoms with Crippen molar-refractivity contribution in [3.63, 3.8) is 0 Å². The number of carbonyl (C=O) groups excluding carboxylic acids is 1. The van der Waals surface area contributed by atoms with Crippen LogP contribution in [0.4, 0.5) is 0 Å². The molecule has 0 aromatic carbocycles. The van der Waals surface area contributed by atoms with Gasteiger partial charge in [0.25, 0.3) is 0 Å². The zero-order valence-electron chi connectivity index (χ0n) is 10.8. The molecule has 3 aliphatic rings. The number of hydrogen-bond acceptors (Lipinski definition) is 3. The predicted molar refractivity (Wildman–Crippen MR) is 67.6 cm³/mol. The maximum atomic E-state index is 12.6. The van der Waals surface area contributed by atoms with Crippen LogP contribution >= 0.6 is 0 Å². The lowest BCUT2D eigenvalue weighted by atomic mass is 9.91. The van der Waals surface area contributed by atoms with Crippen molar-refractivity contribution in [2.24, 2.45) is 11.3 Å². The van der Waals surface area contributed by atoms with Crippen molar-refractivity contribution in [1.29, 1.82) is 5.26 Å². The highest BCUT2D eigenvalue weighted by molar-refractivity contribution is 5.83. The molecule has 0 aromatic rings. The number of nitriles is 1. The van der Waals surface area contributed by atoms with E-state index in [1.807, 2.05) is 4.90 Å². The fourth-order valence-corrected chi connectivity index (χ4v) is 3.40. The second kappa shape index (κ2) is 4.55. The molecular weight excluding hydrogens is 226 g/mol. The lowest BCUT2D eigenvalue weighted by Crippen LogP contribution is -2.38. The summed E-state index contributed by atoms with van der Waals surface area (Å²) in [5.74, 6) is 0.605. The highest BCUT2D eigenvalue weighted by atomic mass is 16.2. The first-order valence-electron chi connectivity index (χ1n) is 7.15. The number of carbonyl (C=O) groups is 1. The summed E-state index contributed by atoms with van der Waals surface area (Å²) in [7, 11) is 0. The van der Waals surface area contributed by atoms with Gasteiger partial charge in [-0.15, -0.1) is 0 Å². The minimum atomic E-state index is 0.263. The molecule has 1 N–H and O–H groups in total. The summed E-state index contributed by atoms with van der Waals surface area (Å²) in [5, 5.41) is 12.1. The molecule has 2 aliphatic carbocycles. The van der Waals surface area contributed by atoms with Crippen LogP contribution in [0, 0.1) is 22.7 Å². The largest absolute Gasteiger partial charge is 0.338 e. The molecule has 4 heteroatoms. The average molecular weight is 247 g/mol. The van der Waals surface area contributed by atoms with E-state index in [-0.39, 0.29) is 5.92 Å². The fourth-order valence-electron chi connectivity index (χ4n) is 3.40. The van der Waals surface area contributed by atoms with Gasteiger partial charge in [0.05, 0.1) is 12.5 Å². The Balaban J connectivity index is 1.61. The monoisotopic (exact) mass is 247 g/mol. The number of hydrogen-bond donors (Lipinski definition) is 1. The third kappa shape index (κ3) is 2.12. The summed E-state index contributed by atoms with van der Waals surface area (Å²) < 4.78 is 0. The van der Waals surface area contributed by atoms with Crippen LogP contribution in [0.25, 0.3) is 0 Å². The lowest BCUT2D eigenvalue weighted by Gasteiger charge is -2.26. The molecule has 0 bridgehead atoms. The van der Waals surface area contributed by atoms with E-state index in [2.05, 4.69) is 11.4 Å². The molecule has 1 amide bonds. The molecule has 1 unspecified atom stereocenters. The van der Waals surface area contributed by atoms with Crippen molar-refractivity contribution in [3.8, 4) is 6.07 Å². The molecule has 98 valence electrons. The molecule has 1 spiro atoms. The van der Waals surface area contributed by atoms with Crippen LogP contribution in [-0.4, -0.2) is 36.5 Å². The number of piperidine rings is 1. The molecule has 1 heterocycles. The van der Waals surface area contributed by atoms with Gasteiger partial charge in [-0.1, -0.05) is 0 Å². The quantitative estimate of drug-likeness (QED) is 0.814. The van der Waals surface area contributed by atoms with Gasteiger partial charge in [-0.05, 0) is 50.6 Å². The van der Waals surface area contributed by atoms with Crippen LogP contribution in [0.5, 0.6) is 0 Å². The summed E-state index contributed by atoms with van der Waals surface area (Å²) >= 11 is 0. The van der Waals surface area contributed by atoms with E-state index in [1.54, 1.807) is 0 Å². The third-order valence-electron chi connectivity index (χ3n) is 4.82. The van der Waals surface area contributed by atoms with Crippen LogP contribution < -0.4 is 5.32 Å². The SMILES string of the molecule is N#CCCN(C(=O)C1CC12CCNCC2)C1CC1. The van der Waals surface area contributed by atoms with E-state index in [0.717, 1.165) is 45.2 Å². The van der Waals surface area contributed by atoms with Crippen molar-refractivity contribution in [2.45, 2.75) is 44.6 Å². The zero-order chi connectivity index (χ0) is 12.6. The first kappa shape index (κ1) is 12.0. The number of nitrogens with one attached hydrogen (secondary N) is 1. The lowest BCUT2D eigenvalue weighted by molar-refractivity contribution is -0.134. The normalized spacial score (nSPS) is 28.7. The Labute approximate surface area is 108 Å². The van der Waals surface area contributed by atoms with Gasteiger partial charge in [-0.25, -0.2) is 0 Å². The van der Waals surface area contributed by atoms with Crippen molar-refractivity contribution in [3.05, 3.63) is 0 Å². The molecule has 1 saturated heterocycles. The first-order chi connectivity index (χ1) is 8.77. The molecule has 0 radical (unpaired) electrons. The minimum absolute atomic E-state index is 0.263. The van der Waals surface area contributed by atoms with Crippen LogP contribution in [0.15, 0.2) is 0 Å². The third-order valence-corrected chi connectivity index (χ3v) is 4.82. The van der Waals surface area contributed by atoms with E-state index >= 15 is 0 Å². The summed E-state index contributed by atoms with van der Waals surface area (Å²) in [6.45, 7) is 2.77.